The van der Waals surface area contributed by atoms with Crippen LogP contribution in [0.5, 0.6) is 0 Å². The second-order valence-electron chi connectivity index (χ2n) is 11.9. The van der Waals surface area contributed by atoms with Gasteiger partial charge in [0, 0.05) is 5.02 Å². The summed E-state index contributed by atoms with van der Waals surface area (Å²) in [7, 11) is 0. The van der Waals surface area contributed by atoms with Gasteiger partial charge in [0.05, 0.1) is 40.5 Å². The van der Waals surface area contributed by atoms with Gasteiger partial charge >= 0.3 is 0 Å². The molecule has 2 aromatic carbocycles. The van der Waals surface area contributed by atoms with Crippen molar-refractivity contribution in [3.8, 4) is 0 Å². The van der Waals surface area contributed by atoms with E-state index in [2.05, 4.69) is 0 Å². The first-order valence-electron chi connectivity index (χ1n) is 14.1. The fourth-order valence-electron chi connectivity index (χ4n) is 7.75. The fraction of sp³-hybridized carbons (Fsp3) is 0.333. The molecule has 2 aliphatic heterocycles. The first-order chi connectivity index (χ1) is 20.2. The maximum Gasteiger partial charge on any atom is 0.241 e. The molecule has 8 nitrogen and oxygen atoms in total. The van der Waals surface area contributed by atoms with Crippen LogP contribution in [0, 0.1) is 36.0 Å². The first kappa shape index (κ1) is 26.9. The molecule has 42 heavy (non-hydrogen) atoms. The number of furan rings is 1. The summed E-state index contributed by atoms with van der Waals surface area (Å²) in [6.45, 7) is 3.34. The van der Waals surface area contributed by atoms with Gasteiger partial charge in [0.1, 0.15) is 18.1 Å². The Morgan fingerprint density at radius 2 is 1.69 bits per heavy atom. The van der Waals surface area contributed by atoms with E-state index in [0.717, 1.165) is 11.1 Å². The lowest BCUT2D eigenvalue weighted by atomic mass is 9.52. The highest BCUT2D eigenvalue weighted by atomic mass is 35.5. The van der Waals surface area contributed by atoms with Crippen molar-refractivity contribution in [3.63, 3.8) is 0 Å². The van der Waals surface area contributed by atoms with Gasteiger partial charge in [-0.1, -0.05) is 47.5 Å². The first-order valence-corrected chi connectivity index (χ1v) is 14.5. The zero-order valence-electron chi connectivity index (χ0n) is 23.1. The number of fused-ring (bicyclic) bond motifs is 4. The van der Waals surface area contributed by atoms with Gasteiger partial charge in [-0.3, -0.25) is 19.2 Å². The quantitative estimate of drug-likeness (QED) is 0.335. The van der Waals surface area contributed by atoms with E-state index in [9.17, 15) is 24.3 Å². The maximum atomic E-state index is 14.3. The molecule has 9 heteroatoms. The van der Waals surface area contributed by atoms with Gasteiger partial charge < -0.3 is 9.52 Å². The average molecular weight is 585 g/mol. The average Bonchev–Trinajstić information content (AvgIpc) is 3.61. The van der Waals surface area contributed by atoms with E-state index in [1.165, 1.54) is 9.80 Å². The molecular weight excluding hydrogens is 556 g/mol. The summed E-state index contributed by atoms with van der Waals surface area (Å²) in [5.41, 5.74) is 1.39. The van der Waals surface area contributed by atoms with Gasteiger partial charge in [0.15, 0.2) is 0 Å². The van der Waals surface area contributed by atoms with Gasteiger partial charge in [0.2, 0.25) is 23.6 Å². The largest absolute Gasteiger partial charge is 0.463 e. The number of rotatable bonds is 4. The van der Waals surface area contributed by atoms with Crippen LogP contribution in [0.2, 0.25) is 5.02 Å². The van der Waals surface area contributed by atoms with Crippen LogP contribution in [0.15, 0.2) is 76.7 Å². The van der Waals surface area contributed by atoms with E-state index < -0.39 is 35.0 Å². The van der Waals surface area contributed by atoms with Crippen molar-refractivity contribution in [1.29, 1.82) is 0 Å². The van der Waals surface area contributed by atoms with Crippen LogP contribution in [0.1, 0.15) is 42.8 Å². The zero-order valence-corrected chi connectivity index (χ0v) is 23.9. The Hall–Kier alpha value is -4.01. The Kier molecular flexibility index (Phi) is 6.08. The molecule has 2 saturated heterocycles. The number of aliphatic hydroxyl groups is 1. The third kappa shape index (κ3) is 3.58. The van der Waals surface area contributed by atoms with Gasteiger partial charge in [-0.05, 0) is 74.6 Å². The van der Waals surface area contributed by atoms with Crippen LogP contribution < -0.4 is 9.80 Å². The summed E-state index contributed by atoms with van der Waals surface area (Å²) in [5, 5.41) is 10.2. The van der Waals surface area contributed by atoms with Crippen molar-refractivity contribution in [3.05, 3.63) is 94.4 Å². The molecule has 0 bridgehead atoms. The highest BCUT2D eigenvalue weighted by molar-refractivity contribution is 6.32. The van der Waals surface area contributed by atoms with Gasteiger partial charge in [-0.2, -0.15) is 0 Å². The van der Waals surface area contributed by atoms with Crippen molar-refractivity contribution in [2.24, 2.45) is 29.1 Å². The number of benzene rings is 2. The smallest absolute Gasteiger partial charge is 0.241 e. The second-order valence-corrected chi connectivity index (χ2v) is 12.3. The van der Waals surface area contributed by atoms with E-state index >= 15 is 0 Å². The van der Waals surface area contributed by atoms with E-state index in [1.807, 2.05) is 19.1 Å². The third-order valence-corrected chi connectivity index (χ3v) is 10.2. The summed E-state index contributed by atoms with van der Waals surface area (Å²) < 4.78 is 6.04. The van der Waals surface area contributed by atoms with Crippen LogP contribution in [-0.4, -0.2) is 28.7 Å². The number of amides is 4. The molecule has 1 N–H and O–H groups in total. The highest BCUT2D eigenvalue weighted by Gasteiger charge is 2.68. The zero-order chi connectivity index (χ0) is 29.5. The molecule has 1 aromatic heterocycles. The standard InChI is InChI=1S/C33H29ClN2O6/c1-17-8-9-19(14-25(17)34)35-29(38)22-12-11-21-23(27(22)31(35)40)15-24-30(39)36(18-6-4-3-5-7-18)32(41)33(24,2)28(21)26-13-10-20(16-37)42-26/h3-11,13-14,22-24,27-28,37H,12,15-16H2,1-2H3/t22-,23+,24-,27-,28+,33+/m0/s1. The van der Waals surface area contributed by atoms with Crippen LogP contribution in [-0.2, 0) is 25.8 Å². The Bertz CT molecular complexity index is 1700. The number of halogens is 1. The number of para-hydroxylation sites is 1. The SMILES string of the molecule is Cc1ccc(N2C(=O)[C@H]3[C@H](CC=C4[C@H]3C[C@H]3C(=O)N(c5ccccc5)C(=O)[C@@]3(C)[C@H]4c3ccc(CO)o3)C2=O)cc1Cl. The van der Waals surface area contributed by atoms with E-state index in [1.54, 1.807) is 61.5 Å². The van der Waals surface area contributed by atoms with E-state index in [4.69, 9.17) is 16.0 Å². The van der Waals surface area contributed by atoms with Gasteiger partial charge in [0.25, 0.3) is 0 Å². The van der Waals surface area contributed by atoms with E-state index in [-0.39, 0.29) is 36.7 Å². The van der Waals surface area contributed by atoms with Crippen LogP contribution >= 0.6 is 11.6 Å². The molecule has 214 valence electrons. The molecule has 0 spiro atoms. The van der Waals surface area contributed by atoms with Crippen LogP contribution in [0.25, 0.3) is 0 Å². The van der Waals surface area contributed by atoms with Crippen molar-refractivity contribution in [1.82, 2.24) is 0 Å². The summed E-state index contributed by atoms with van der Waals surface area (Å²) in [6, 6.07) is 17.4. The number of nitrogens with zero attached hydrogens (tertiary/aromatic N) is 2. The number of anilines is 2. The number of hydrogen-bond donors (Lipinski definition) is 1. The van der Waals surface area contributed by atoms with Gasteiger partial charge in [-0.25, -0.2) is 9.80 Å². The summed E-state index contributed by atoms with van der Waals surface area (Å²) in [6.07, 6.45) is 2.55. The molecule has 4 amide bonds. The second kappa shape index (κ2) is 9.51. The Morgan fingerprint density at radius 1 is 0.929 bits per heavy atom. The summed E-state index contributed by atoms with van der Waals surface area (Å²) >= 11 is 6.36. The van der Waals surface area contributed by atoms with Crippen LogP contribution in [0.3, 0.4) is 0 Å². The molecule has 3 fully saturated rings. The molecule has 7 rings (SSSR count). The summed E-state index contributed by atoms with van der Waals surface area (Å²) in [4.78, 5) is 58.7. The molecule has 6 atom stereocenters. The molecule has 3 aromatic rings. The Labute approximate surface area is 247 Å². The molecule has 2 aliphatic carbocycles. The van der Waals surface area contributed by atoms with Crippen molar-refractivity contribution in [2.45, 2.75) is 39.2 Å². The minimum absolute atomic E-state index is 0.253. The van der Waals surface area contributed by atoms with Crippen molar-refractivity contribution in [2.75, 3.05) is 9.80 Å². The Morgan fingerprint density at radius 3 is 2.38 bits per heavy atom. The molecule has 0 unspecified atom stereocenters. The number of imide groups is 2. The minimum Gasteiger partial charge on any atom is -0.463 e. The van der Waals surface area contributed by atoms with Gasteiger partial charge in [-0.15, -0.1) is 0 Å². The monoisotopic (exact) mass is 584 g/mol. The molecular formula is C33H29ClN2O6. The fourth-order valence-corrected chi connectivity index (χ4v) is 7.92. The van der Waals surface area contributed by atoms with Crippen molar-refractivity contribution < 1.29 is 28.7 Å². The normalized spacial score (nSPS) is 30.4. The minimum atomic E-state index is -1.19. The number of carbonyl (C=O) groups is 4. The third-order valence-electron chi connectivity index (χ3n) is 9.83. The maximum absolute atomic E-state index is 14.3. The topological polar surface area (TPSA) is 108 Å². The lowest BCUT2D eigenvalue weighted by Gasteiger charge is -2.48. The lowest BCUT2D eigenvalue weighted by Crippen LogP contribution is -2.48. The van der Waals surface area contributed by atoms with E-state index in [0.29, 0.717) is 34.3 Å². The number of hydrogen-bond acceptors (Lipinski definition) is 6. The van der Waals surface area contributed by atoms with Crippen molar-refractivity contribution >= 4 is 46.6 Å². The lowest BCUT2D eigenvalue weighted by molar-refractivity contribution is -0.131. The predicted molar refractivity (Wildman–Crippen MR) is 154 cm³/mol. The predicted octanol–water partition coefficient (Wildman–Crippen LogP) is 5.17. The van der Waals surface area contributed by atoms with Crippen LogP contribution in [0.4, 0.5) is 11.4 Å². The molecule has 0 radical (unpaired) electrons. The number of carbonyl (C=O) groups excluding carboxylic acids is 4. The highest BCUT2D eigenvalue weighted by Crippen LogP contribution is 2.63. The molecule has 1 saturated carbocycles. The molecule has 3 heterocycles. The number of aryl methyl sites for hydroxylation is 1. The Balaban J connectivity index is 1.35. The molecule has 4 aliphatic rings. The summed E-state index contributed by atoms with van der Waals surface area (Å²) in [5.74, 6) is -3.60. The number of allylic oxidation sites excluding steroid dienone is 2. The number of aliphatic hydroxyl groups excluding tert-OH is 1.